The number of pyridine rings is 1. The average molecular weight is 424 g/mol. The number of hydrogen-bond donors (Lipinski definition) is 0. The largest absolute Gasteiger partial charge is 0.414 e. The minimum atomic E-state index is -1.90. The molecule has 0 radical (unpaired) electrons. The molecule has 0 saturated carbocycles. The smallest absolute Gasteiger partial charge is 0.192 e. The van der Waals surface area contributed by atoms with E-state index in [1.807, 2.05) is 24.4 Å². The Balaban J connectivity index is 2.18. The maximum absolute atomic E-state index is 6.80. The summed E-state index contributed by atoms with van der Waals surface area (Å²) in [6.07, 6.45) is 2.66. The van der Waals surface area contributed by atoms with E-state index < -0.39 is 16.6 Å². The van der Waals surface area contributed by atoms with Crippen LogP contribution in [0.25, 0.3) is 0 Å². The van der Waals surface area contributed by atoms with E-state index in [4.69, 9.17) is 13.6 Å². The van der Waals surface area contributed by atoms with Gasteiger partial charge in [-0.1, -0.05) is 47.6 Å². The Morgan fingerprint density at radius 2 is 1.61 bits per heavy atom. The lowest BCUT2D eigenvalue weighted by atomic mass is 10.1. The van der Waals surface area contributed by atoms with Crippen LogP contribution in [0.4, 0.5) is 0 Å². The molecule has 0 unspecified atom stereocenters. The van der Waals surface area contributed by atoms with Gasteiger partial charge in [-0.25, -0.2) is 0 Å². The van der Waals surface area contributed by atoms with Crippen LogP contribution in [0.15, 0.2) is 24.4 Å². The van der Waals surface area contributed by atoms with Gasteiger partial charge < -0.3 is 13.6 Å². The second kappa shape index (κ2) is 8.30. The van der Waals surface area contributed by atoms with E-state index in [1.54, 1.807) is 0 Å². The molecule has 3 atom stereocenters. The fourth-order valence-electron chi connectivity index (χ4n) is 2.81. The maximum atomic E-state index is 6.80. The van der Waals surface area contributed by atoms with Crippen LogP contribution in [-0.4, -0.2) is 40.4 Å². The van der Waals surface area contributed by atoms with Gasteiger partial charge in [-0.2, -0.15) is 0 Å². The van der Waals surface area contributed by atoms with Crippen molar-refractivity contribution >= 4 is 16.6 Å². The summed E-state index contributed by atoms with van der Waals surface area (Å²) in [7, 11) is -3.74. The first-order valence-electron chi connectivity index (χ1n) is 10.5. The molecule has 0 aromatic carbocycles. The molecule has 28 heavy (non-hydrogen) atoms. The molecule has 0 bridgehead atoms. The molecule has 2 rings (SSSR count). The third kappa shape index (κ3) is 5.54. The van der Waals surface area contributed by atoms with Gasteiger partial charge in [-0.3, -0.25) is 4.98 Å². The fourth-order valence-corrected chi connectivity index (χ4v) is 5.18. The lowest BCUT2D eigenvalue weighted by Gasteiger charge is -2.40. The molecule has 1 aliphatic rings. The third-order valence-electron chi connectivity index (χ3n) is 6.88. The van der Waals surface area contributed by atoms with Crippen LogP contribution < -0.4 is 0 Å². The van der Waals surface area contributed by atoms with Crippen molar-refractivity contribution in [3.05, 3.63) is 30.1 Å². The Hall–Kier alpha value is -0.536. The maximum Gasteiger partial charge on any atom is 0.192 e. The number of hydrogen-bond acceptors (Lipinski definition) is 4. The molecule has 2 heterocycles. The second-order valence-corrected chi connectivity index (χ2v) is 20.7. The lowest BCUT2D eigenvalue weighted by molar-refractivity contribution is -0.0175. The summed E-state index contributed by atoms with van der Waals surface area (Å²) in [4.78, 5) is 4.52. The van der Waals surface area contributed by atoms with Crippen LogP contribution >= 0.6 is 0 Å². The molecule has 1 fully saturated rings. The van der Waals surface area contributed by atoms with Crippen LogP contribution in [0.1, 0.15) is 59.8 Å². The molecular weight excluding hydrogens is 382 g/mol. The van der Waals surface area contributed by atoms with Crippen LogP contribution in [0.3, 0.4) is 0 Å². The van der Waals surface area contributed by atoms with Crippen LogP contribution in [0, 0.1) is 0 Å². The lowest BCUT2D eigenvalue weighted by Crippen LogP contribution is -2.48. The molecule has 0 aliphatic carbocycles. The first-order chi connectivity index (χ1) is 12.6. The molecule has 1 aromatic heterocycles. The molecular formula is C22H41NO3Si2. The zero-order chi connectivity index (χ0) is 21.4. The second-order valence-electron chi connectivity index (χ2n) is 11.1. The molecule has 1 aliphatic heterocycles. The van der Waals surface area contributed by atoms with Gasteiger partial charge in [0.1, 0.15) is 12.2 Å². The minimum absolute atomic E-state index is 0.0241. The van der Waals surface area contributed by atoms with E-state index in [0.717, 1.165) is 12.1 Å². The molecule has 0 N–H and O–H groups in total. The van der Waals surface area contributed by atoms with Crippen molar-refractivity contribution in [3.63, 3.8) is 0 Å². The highest BCUT2D eigenvalue weighted by molar-refractivity contribution is 6.74. The molecule has 1 aromatic rings. The fraction of sp³-hybridized carbons (Fsp3) is 0.773. The predicted octanol–water partition coefficient (Wildman–Crippen LogP) is 6.32. The van der Waals surface area contributed by atoms with E-state index >= 15 is 0 Å². The van der Waals surface area contributed by atoms with Crippen molar-refractivity contribution in [2.75, 3.05) is 6.61 Å². The minimum Gasteiger partial charge on any atom is -0.414 e. The molecule has 0 spiro atoms. The summed E-state index contributed by atoms with van der Waals surface area (Å²) in [6.45, 7) is 23.5. The monoisotopic (exact) mass is 423 g/mol. The normalized spacial score (nSPS) is 24.6. The zero-order valence-electron chi connectivity index (χ0n) is 19.6. The number of nitrogens with zero attached hydrogens (tertiary/aromatic N) is 1. The van der Waals surface area contributed by atoms with E-state index in [9.17, 15) is 0 Å². The number of aromatic nitrogens is 1. The summed E-state index contributed by atoms with van der Waals surface area (Å²) in [5.41, 5.74) is 0.987. The highest BCUT2D eigenvalue weighted by Crippen LogP contribution is 2.43. The van der Waals surface area contributed by atoms with Crippen LogP contribution in [0.2, 0.25) is 36.3 Å². The third-order valence-corrected chi connectivity index (χ3v) is 15.9. The van der Waals surface area contributed by atoms with Gasteiger partial charge in [0.2, 0.25) is 0 Å². The molecule has 1 saturated heterocycles. The van der Waals surface area contributed by atoms with Crippen LogP contribution in [-0.2, 0) is 13.6 Å². The van der Waals surface area contributed by atoms with Crippen molar-refractivity contribution in [3.8, 4) is 0 Å². The van der Waals surface area contributed by atoms with Gasteiger partial charge in [-0.15, -0.1) is 0 Å². The van der Waals surface area contributed by atoms with Crippen molar-refractivity contribution in [2.24, 2.45) is 0 Å². The Bertz CT molecular complexity index is 635. The van der Waals surface area contributed by atoms with Crippen LogP contribution in [0.5, 0.6) is 0 Å². The highest BCUT2D eigenvalue weighted by atomic mass is 28.4. The summed E-state index contributed by atoms with van der Waals surface area (Å²) < 4.78 is 19.8. The summed E-state index contributed by atoms with van der Waals surface area (Å²) in [6, 6.07) is 6.01. The van der Waals surface area contributed by atoms with E-state index in [1.165, 1.54) is 0 Å². The number of ether oxygens (including phenoxy) is 1. The SMILES string of the molecule is CC(C)(C)[Si](C)(C)OC[C@H]1O[C@@H](c2ccccn2)C[C@@H]1O[Si](C)(C)C(C)(C)C. The van der Waals surface area contributed by atoms with Gasteiger partial charge >= 0.3 is 0 Å². The predicted molar refractivity (Wildman–Crippen MR) is 122 cm³/mol. The Morgan fingerprint density at radius 3 is 2.11 bits per heavy atom. The summed E-state index contributed by atoms with van der Waals surface area (Å²) in [5.74, 6) is 0. The first kappa shape index (κ1) is 23.7. The molecule has 0 amide bonds. The first-order valence-corrected chi connectivity index (χ1v) is 16.3. The Labute approximate surface area is 174 Å². The van der Waals surface area contributed by atoms with E-state index in [-0.39, 0.29) is 28.4 Å². The average Bonchev–Trinajstić information content (AvgIpc) is 2.94. The Kier molecular flexibility index (Phi) is 7.04. The van der Waals surface area contributed by atoms with Crippen molar-refractivity contribution in [1.82, 2.24) is 4.98 Å². The van der Waals surface area contributed by atoms with Gasteiger partial charge in [-0.05, 0) is 48.4 Å². The molecule has 160 valence electrons. The summed E-state index contributed by atoms with van der Waals surface area (Å²) >= 11 is 0. The van der Waals surface area contributed by atoms with E-state index in [2.05, 4.69) is 72.7 Å². The van der Waals surface area contributed by atoms with Crippen molar-refractivity contribution in [1.29, 1.82) is 0 Å². The number of rotatable bonds is 6. The van der Waals surface area contributed by atoms with Crippen molar-refractivity contribution < 1.29 is 13.6 Å². The summed E-state index contributed by atoms with van der Waals surface area (Å²) in [5, 5.41) is 0.350. The van der Waals surface area contributed by atoms with Gasteiger partial charge in [0, 0.05) is 12.6 Å². The quantitative estimate of drug-likeness (QED) is 0.502. The van der Waals surface area contributed by atoms with Crippen molar-refractivity contribution in [2.45, 2.75) is 103 Å². The topological polar surface area (TPSA) is 40.6 Å². The highest BCUT2D eigenvalue weighted by Gasteiger charge is 2.46. The van der Waals surface area contributed by atoms with Gasteiger partial charge in [0.25, 0.3) is 0 Å². The molecule has 6 heteroatoms. The zero-order valence-corrected chi connectivity index (χ0v) is 21.6. The Morgan fingerprint density at radius 1 is 1.00 bits per heavy atom. The van der Waals surface area contributed by atoms with Gasteiger partial charge in [0.05, 0.1) is 18.4 Å². The van der Waals surface area contributed by atoms with Gasteiger partial charge in [0.15, 0.2) is 16.6 Å². The van der Waals surface area contributed by atoms with E-state index in [0.29, 0.717) is 6.61 Å². The standard InChI is InChI=1S/C22H41NO3Si2/c1-21(2,3)27(7,8)24-16-20-19(26-28(9,10)22(4,5)6)15-18(25-20)17-13-11-12-14-23-17/h11-14,18-20H,15-16H2,1-10H3/t18-,19+,20-/m1/s1. The molecule has 4 nitrogen and oxygen atoms in total.